The van der Waals surface area contributed by atoms with Crippen LogP contribution in [0.1, 0.15) is 13.3 Å². The third-order valence-corrected chi connectivity index (χ3v) is 2.57. The molecule has 0 aromatic carbocycles. The number of nitrogens with one attached hydrogen (secondary N) is 2. The van der Waals surface area contributed by atoms with Crippen molar-refractivity contribution < 1.29 is 21.6 Å². The van der Waals surface area contributed by atoms with Crippen LogP contribution in [0.15, 0.2) is 0 Å². The molecule has 0 aliphatic rings. The van der Waals surface area contributed by atoms with E-state index in [0.29, 0.717) is 19.5 Å². The van der Waals surface area contributed by atoms with Gasteiger partial charge in [-0.25, -0.2) is 13.1 Å². The second-order valence-corrected chi connectivity index (χ2v) is 4.31. The highest BCUT2D eigenvalue weighted by Crippen LogP contribution is 2.21. The molecule has 4 nitrogen and oxygen atoms in total. The van der Waals surface area contributed by atoms with Crippen LogP contribution in [0.2, 0.25) is 0 Å². The minimum atomic E-state index is -5.22. The van der Waals surface area contributed by atoms with E-state index in [1.807, 2.05) is 6.92 Å². The summed E-state index contributed by atoms with van der Waals surface area (Å²) in [6.07, 6.45) is 0.323. The van der Waals surface area contributed by atoms with Crippen LogP contribution in [0, 0.1) is 0 Å². The lowest BCUT2D eigenvalue weighted by Gasteiger charge is -2.09. The first-order valence-corrected chi connectivity index (χ1v) is 5.56. The van der Waals surface area contributed by atoms with Gasteiger partial charge >= 0.3 is 15.5 Å². The molecule has 0 aromatic rings. The first-order valence-electron chi connectivity index (χ1n) is 4.08. The van der Waals surface area contributed by atoms with Gasteiger partial charge in [0.25, 0.3) is 0 Å². The Labute approximate surface area is 80.9 Å². The minimum absolute atomic E-state index is 0.213. The van der Waals surface area contributed by atoms with Crippen LogP contribution in [0.5, 0.6) is 0 Å². The molecular formula is C6H13F3N2O2S. The molecule has 0 saturated heterocycles. The van der Waals surface area contributed by atoms with E-state index in [1.165, 1.54) is 4.72 Å². The molecule has 2 N–H and O–H groups in total. The molecule has 0 bridgehead atoms. The molecule has 0 atom stereocenters. The van der Waals surface area contributed by atoms with Gasteiger partial charge in [-0.15, -0.1) is 0 Å². The van der Waals surface area contributed by atoms with Gasteiger partial charge in [0.05, 0.1) is 0 Å². The Morgan fingerprint density at radius 2 is 1.79 bits per heavy atom. The Morgan fingerprint density at radius 1 is 1.21 bits per heavy atom. The number of hydrogen-bond donors (Lipinski definition) is 2. The van der Waals surface area contributed by atoms with Crippen molar-refractivity contribution in [2.24, 2.45) is 0 Å². The van der Waals surface area contributed by atoms with E-state index >= 15 is 0 Å². The van der Waals surface area contributed by atoms with Gasteiger partial charge in [-0.3, -0.25) is 0 Å². The van der Waals surface area contributed by atoms with Crippen molar-refractivity contribution >= 4 is 10.0 Å². The molecule has 0 spiro atoms. The summed E-state index contributed by atoms with van der Waals surface area (Å²) in [6.45, 7) is 2.82. The smallest absolute Gasteiger partial charge is 0.317 e. The SMILES string of the molecule is CCNCCCNS(=O)(=O)C(F)(F)F. The van der Waals surface area contributed by atoms with Gasteiger partial charge in [-0.1, -0.05) is 6.92 Å². The van der Waals surface area contributed by atoms with Crippen molar-refractivity contribution in [2.75, 3.05) is 19.6 Å². The van der Waals surface area contributed by atoms with Crippen molar-refractivity contribution in [2.45, 2.75) is 18.9 Å². The molecule has 0 fully saturated rings. The molecule has 86 valence electrons. The van der Waals surface area contributed by atoms with E-state index in [2.05, 4.69) is 5.32 Å². The second kappa shape index (κ2) is 5.52. The molecule has 8 heteroatoms. The zero-order chi connectivity index (χ0) is 11.2. The van der Waals surface area contributed by atoms with Gasteiger partial charge in [0.1, 0.15) is 0 Å². The minimum Gasteiger partial charge on any atom is -0.317 e. The molecule has 0 aliphatic heterocycles. The van der Waals surface area contributed by atoms with Crippen LogP contribution in [0.3, 0.4) is 0 Å². The predicted octanol–water partition coefficient (Wildman–Crippen LogP) is 0.425. The first-order chi connectivity index (χ1) is 6.31. The van der Waals surface area contributed by atoms with Crippen LogP contribution < -0.4 is 10.0 Å². The maximum absolute atomic E-state index is 11.7. The largest absolute Gasteiger partial charge is 0.511 e. The number of sulfonamides is 1. The summed E-state index contributed by atoms with van der Waals surface area (Å²) in [7, 11) is -5.16. The molecule has 0 amide bonds. The zero-order valence-electron chi connectivity index (χ0n) is 7.69. The summed E-state index contributed by atoms with van der Waals surface area (Å²) in [5, 5.41) is 2.86. The van der Waals surface area contributed by atoms with Crippen LogP contribution in [-0.2, 0) is 10.0 Å². The maximum atomic E-state index is 11.7. The summed E-state index contributed by atoms with van der Waals surface area (Å²) in [4.78, 5) is 0. The molecule has 0 aliphatic carbocycles. The maximum Gasteiger partial charge on any atom is 0.511 e. The quantitative estimate of drug-likeness (QED) is 0.655. The van der Waals surface area contributed by atoms with Gasteiger partial charge in [0, 0.05) is 6.54 Å². The Morgan fingerprint density at radius 3 is 2.21 bits per heavy atom. The monoisotopic (exact) mass is 234 g/mol. The number of rotatable bonds is 6. The highest BCUT2D eigenvalue weighted by atomic mass is 32.2. The molecule has 0 rings (SSSR count). The van der Waals surface area contributed by atoms with Gasteiger partial charge in [-0.05, 0) is 19.5 Å². The highest BCUT2D eigenvalue weighted by Gasteiger charge is 2.45. The Kier molecular flexibility index (Phi) is 5.38. The van der Waals surface area contributed by atoms with Crippen molar-refractivity contribution in [1.29, 1.82) is 0 Å². The molecule has 0 heterocycles. The molecule has 0 aromatic heterocycles. The van der Waals surface area contributed by atoms with Crippen LogP contribution in [-0.4, -0.2) is 33.6 Å². The number of hydrogen-bond acceptors (Lipinski definition) is 3. The lowest BCUT2D eigenvalue weighted by Crippen LogP contribution is -2.37. The van der Waals surface area contributed by atoms with Gasteiger partial charge < -0.3 is 5.32 Å². The predicted molar refractivity (Wildman–Crippen MR) is 46.1 cm³/mol. The molecule has 0 saturated carbocycles. The normalized spacial score (nSPS) is 13.1. The standard InChI is InChI=1S/C6H13F3N2O2S/c1-2-10-4-3-5-11-14(12,13)6(7,8)9/h10-11H,2-5H2,1H3. The van der Waals surface area contributed by atoms with E-state index in [-0.39, 0.29) is 6.54 Å². The summed E-state index contributed by atoms with van der Waals surface area (Å²) in [5.41, 5.74) is -5.22. The summed E-state index contributed by atoms with van der Waals surface area (Å²) < 4.78 is 57.5. The summed E-state index contributed by atoms with van der Waals surface area (Å²) >= 11 is 0. The average Bonchev–Trinajstić information content (AvgIpc) is 2.02. The van der Waals surface area contributed by atoms with E-state index in [1.54, 1.807) is 0 Å². The van der Waals surface area contributed by atoms with Crippen LogP contribution in [0.25, 0.3) is 0 Å². The fourth-order valence-corrected chi connectivity index (χ4v) is 1.26. The average molecular weight is 234 g/mol. The third-order valence-electron chi connectivity index (χ3n) is 1.38. The Balaban J connectivity index is 3.80. The van der Waals surface area contributed by atoms with Crippen LogP contribution >= 0.6 is 0 Å². The number of halogens is 3. The van der Waals surface area contributed by atoms with E-state index in [0.717, 1.165) is 0 Å². The van der Waals surface area contributed by atoms with Crippen molar-refractivity contribution in [3.05, 3.63) is 0 Å². The first kappa shape index (κ1) is 13.7. The van der Waals surface area contributed by atoms with Crippen molar-refractivity contribution in [1.82, 2.24) is 10.0 Å². The number of alkyl halides is 3. The summed E-state index contributed by atoms with van der Waals surface area (Å²) in [6, 6.07) is 0. The highest BCUT2D eigenvalue weighted by molar-refractivity contribution is 7.90. The van der Waals surface area contributed by atoms with E-state index in [9.17, 15) is 21.6 Å². The molecule has 0 unspecified atom stereocenters. The van der Waals surface area contributed by atoms with Gasteiger partial charge in [0.2, 0.25) is 0 Å². The zero-order valence-corrected chi connectivity index (χ0v) is 8.50. The summed E-state index contributed by atoms with van der Waals surface area (Å²) in [5.74, 6) is 0. The van der Waals surface area contributed by atoms with Gasteiger partial charge in [0.15, 0.2) is 0 Å². The lowest BCUT2D eigenvalue weighted by atomic mass is 10.4. The second-order valence-electron chi connectivity index (χ2n) is 2.55. The lowest BCUT2D eigenvalue weighted by molar-refractivity contribution is -0.0447. The fourth-order valence-electron chi connectivity index (χ4n) is 0.679. The Bertz CT molecular complexity index is 250. The fraction of sp³-hybridized carbons (Fsp3) is 1.00. The van der Waals surface area contributed by atoms with Crippen molar-refractivity contribution in [3.8, 4) is 0 Å². The Hall–Kier alpha value is -0.340. The van der Waals surface area contributed by atoms with Crippen LogP contribution in [0.4, 0.5) is 13.2 Å². The van der Waals surface area contributed by atoms with E-state index < -0.39 is 15.5 Å². The van der Waals surface area contributed by atoms with Crippen molar-refractivity contribution in [3.63, 3.8) is 0 Å². The molecule has 0 radical (unpaired) electrons. The topological polar surface area (TPSA) is 58.2 Å². The third kappa shape index (κ3) is 4.77. The molecule has 14 heavy (non-hydrogen) atoms. The van der Waals surface area contributed by atoms with Gasteiger partial charge in [-0.2, -0.15) is 13.2 Å². The van der Waals surface area contributed by atoms with E-state index in [4.69, 9.17) is 0 Å². The molecular weight excluding hydrogens is 221 g/mol.